The number of sulfonamides is 1. The van der Waals surface area contributed by atoms with E-state index in [9.17, 15) is 22.8 Å². The van der Waals surface area contributed by atoms with E-state index in [0.717, 1.165) is 4.90 Å². The number of amides is 4. The van der Waals surface area contributed by atoms with Gasteiger partial charge in [-0.3, -0.25) is 14.5 Å². The summed E-state index contributed by atoms with van der Waals surface area (Å²) in [4.78, 5) is 37.5. The van der Waals surface area contributed by atoms with Crippen molar-refractivity contribution in [1.82, 2.24) is 14.5 Å². The van der Waals surface area contributed by atoms with Crippen LogP contribution in [0, 0.1) is 5.92 Å². The summed E-state index contributed by atoms with van der Waals surface area (Å²) in [5.74, 6) is -1.15. The highest BCUT2D eigenvalue weighted by molar-refractivity contribution is 7.89. The average Bonchev–Trinajstić information content (AvgIpc) is 2.97. The zero-order valence-electron chi connectivity index (χ0n) is 16.3. The Bertz CT molecular complexity index is 911. The Balaban J connectivity index is 1.68. The second-order valence-corrected chi connectivity index (χ2v) is 9.13. The molecule has 0 aromatic heterocycles. The van der Waals surface area contributed by atoms with Crippen molar-refractivity contribution in [3.05, 3.63) is 24.3 Å². The van der Waals surface area contributed by atoms with E-state index >= 15 is 0 Å². The molecule has 11 heteroatoms. The number of urea groups is 1. The monoisotopic (exact) mass is 424 g/mol. The Hall–Kier alpha value is -2.50. The molecule has 158 valence electrons. The van der Waals surface area contributed by atoms with Crippen molar-refractivity contribution in [2.24, 2.45) is 5.92 Å². The summed E-state index contributed by atoms with van der Waals surface area (Å²) in [5.41, 5.74) is 0.261. The zero-order chi connectivity index (χ0) is 21.2. The molecule has 3 rings (SSSR count). The summed E-state index contributed by atoms with van der Waals surface area (Å²) < 4.78 is 32.0. The number of benzene rings is 1. The maximum Gasteiger partial charge on any atom is 0.325 e. The van der Waals surface area contributed by atoms with Gasteiger partial charge in [0.15, 0.2) is 0 Å². The SMILES string of the molecule is CC(C)C1NC(=O)N(CC(=O)Nc2cccc(S(=O)(=O)N3CCOCC3)c2)C1=O. The van der Waals surface area contributed by atoms with Crippen molar-refractivity contribution in [3.8, 4) is 0 Å². The number of nitrogens with zero attached hydrogens (tertiary/aromatic N) is 2. The minimum Gasteiger partial charge on any atom is -0.379 e. The van der Waals surface area contributed by atoms with Crippen LogP contribution >= 0.6 is 0 Å². The lowest BCUT2D eigenvalue weighted by atomic mass is 10.1. The summed E-state index contributed by atoms with van der Waals surface area (Å²) in [5, 5.41) is 5.10. The van der Waals surface area contributed by atoms with Crippen molar-refractivity contribution in [2.75, 3.05) is 38.2 Å². The molecule has 0 saturated carbocycles. The molecule has 0 aliphatic carbocycles. The Kier molecular flexibility index (Phi) is 6.20. The minimum atomic E-state index is -3.70. The first-order valence-corrected chi connectivity index (χ1v) is 10.7. The van der Waals surface area contributed by atoms with Crippen LogP contribution in [0.5, 0.6) is 0 Å². The molecule has 1 aromatic rings. The zero-order valence-corrected chi connectivity index (χ0v) is 17.1. The van der Waals surface area contributed by atoms with Crippen LogP contribution in [-0.4, -0.2) is 74.4 Å². The molecule has 1 unspecified atom stereocenters. The largest absolute Gasteiger partial charge is 0.379 e. The highest BCUT2D eigenvalue weighted by atomic mass is 32.2. The van der Waals surface area contributed by atoms with Gasteiger partial charge >= 0.3 is 6.03 Å². The van der Waals surface area contributed by atoms with Crippen molar-refractivity contribution in [1.29, 1.82) is 0 Å². The summed E-state index contributed by atoms with van der Waals surface area (Å²) >= 11 is 0. The Morgan fingerprint density at radius 1 is 1.28 bits per heavy atom. The van der Waals surface area contributed by atoms with E-state index in [4.69, 9.17) is 4.74 Å². The predicted octanol–water partition coefficient (Wildman–Crippen LogP) is 0.222. The molecule has 29 heavy (non-hydrogen) atoms. The molecule has 2 aliphatic heterocycles. The van der Waals surface area contributed by atoms with E-state index in [1.54, 1.807) is 19.9 Å². The van der Waals surface area contributed by atoms with E-state index in [0.29, 0.717) is 13.2 Å². The topological polar surface area (TPSA) is 125 Å². The van der Waals surface area contributed by atoms with Crippen molar-refractivity contribution in [3.63, 3.8) is 0 Å². The fourth-order valence-corrected chi connectivity index (χ4v) is 4.61. The fourth-order valence-electron chi connectivity index (χ4n) is 3.16. The van der Waals surface area contributed by atoms with Crippen molar-refractivity contribution >= 4 is 33.6 Å². The number of anilines is 1. The first-order valence-electron chi connectivity index (χ1n) is 9.30. The van der Waals surface area contributed by atoms with Gasteiger partial charge in [-0.15, -0.1) is 0 Å². The molecule has 2 heterocycles. The molecule has 2 fully saturated rings. The van der Waals surface area contributed by atoms with Crippen LogP contribution in [-0.2, 0) is 24.3 Å². The third-order valence-electron chi connectivity index (χ3n) is 4.75. The van der Waals surface area contributed by atoms with Gasteiger partial charge in [-0.1, -0.05) is 19.9 Å². The van der Waals surface area contributed by atoms with Crippen molar-refractivity contribution in [2.45, 2.75) is 24.8 Å². The lowest BCUT2D eigenvalue weighted by Crippen LogP contribution is -2.40. The molecule has 2 aliphatic rings. The van der Waals surface area contributed by atoms with E-state index < -0.39 is 40.5 Å². The molecule has 1 atom stereocenters. The highest BCUT2D eigenvalue weighted by Crippen LogP contribution is 2.21. The normalized spacial score (nSPS) is 20.8. The number of rotatable bonds is 6. The standard InChI is InChI=1S/C18H24N4O6S/c1-12(2)16-17(24)22(18(25)20-16)11-15(23)19-13-4-3-5-14(10-13)29(26,27)21-6-8-28-9-7-21/h3-5,10,12,16H,6-9,11H2,1-2H3,(H,19,23)(H,20,25). The van der Waals surface area contributed by atoms with Gasteiger partial charge in [0, 0.05) is 18.8 Å². The molecule has 10 nitrogen and oxygen atoms in total. The number of nitrogens with one attached hydrogen (secondary N) is 2. The van der Waals surface area contributed by atoms with Gasteiger partial charge in [0.25, 0.3) is 5.91 Å². The number of ether oxygens (including phenoxy) is 1. The molecule has 4 amide bonds. The summed E-state index contributed by atoms with van der Waals surface area (Å²) in [7, 11) is -3.70. The van der Waals surface area contributed by atoms with Gasteiger partial charge < -0.3 is 15.4 Å². The highest BCUT2D eigenvalue weighted by Gasteiger charge is 2.40. The quantitative estimate of drug-likeness (QED) is 0.630. The fraction of sp³-hybridized carbons (Fsp3) is 0.500. The third-order valence-corrected chi connectivity index (χ3v) is 6.64. The summed E-state index contributed by atoms with van der Waals surface area (Å²) in [6.45, 7) is 4.34. The lowest BCUT2D eigenvalue weighted by molar-refractivity contribution is -0.131. The van der Waals surface area contributed by atoms with Crippen LogP contribution in [0.1, 0.15) is 13.8 Å². The van der Waals surface area contributed by atoms with Crippen LogP contribution in [0.4, 0.5) is 10.5 Å². The number of carbonyl (C=O) groups excluding carboxylic acids is 3. The molecule has 0 bridgehead atoms. The van der Waals surface area contributed by atoms with Crippen LogP contribution in [0.15, 0.2) is 29.2 Å². The maximum absolute atomic E-state index is 12.7. The van der Waals surface area contributed by atoms with Gasteiger partial charge in [0.05, 0.1) is 18.1 Å². The number of imide groups is 1. The third kappa shape index (κ3) is 4.57. The Morgan fingerprint density at radius 3 is 2.59 bits per heavy atom. The van der Waals surface area contributed by atoms with Crippen LogP contribution < -0.4 is 10.6 Å². The van der Waals surface area contributed by atoms with Gasteiger partial charge in [0.2, 0.25) is 15.9 Å². The molecule has 0 spiro atoms. The summed E-state index contributed by atoms with van der Waals surface area (Å²) in [6, 6.07) is 4.59. The first kappa shape index (κ1) is 21.2. The van der Waals surface area contributed by atoms with Gasteiger partial charge in [-0.2, -0.15) is 4.31 Å². The molecule has 1 aromatic carbocycles. The molecule has 0 radical (unpaired) electrons. The van der Waals surface area contributed by atoms with E-state index in [1.165, 1.54) is 22.5 Å². The minimum absolute atomic E-state index is 0.0482. The number of carbonyl (C=O) groups is 3. The number of morpholine rings is 1. The predicted molar refractivity (Wildman–Crippen MR) is 104 cm³/mol. The Morgan fingerprint density at radius 2 is 1.97 bits per heavy atom. The second-order valence-electron chi connectivity index (χ2n) is 7.19. The van der Waals surface area contributed by atoms with Gasteiger partial charge in [-0.05, 0) is 24.1 Å². The summed E-state index contributed by atoms with van der Waals surface area (Å²) in [6.07, 6.45) is 0. The maximum atomic E-state index is 12.7. The second kappa shape index (κ2) is 8.47. The number of hydrogen-bond acceptors (Lipinski definition) is 6. The molecular weight excluding hydrogens is 400 g/mol. The van der Waals surface area contributed by atoms with Crippen molar-refractivity contribution < 1.29 is 27.5 Å². The molecule has 2 saturated heterocycles. The van der Waals surface area contributed by atoms with Crippen LogP contribution in [0.25, 0.3) is 0 Å². The van der Waals surface area contributed by atoms with Crippen LogP contribution in [0.3, 0.4) is 0 Å². The van der Waals surface area contributed by atoms with E-state index in [2.05, 4.69) is 10.6 Å². The van der Waals surface area contributed by atoms with E-state index in [-0.39, 0.29) is 29.6 Å². The smallest absolute Gasteiger partial charge is 0.325 e. The number of hydrogen-bond donors (Lipinski definition) is 2. The van der Waals surface area contributed by atoms with Gasteiger partial charge in [0.1, 0.15) is 12.6 Å². The Labute approximate surface area is 169 Å². The first-order chi connectivity index (χ1) is 13.7. The van der Waals surface area contributed by atoms with Crippen LogP contribution in [0.2, 0.25) is 0 Å². The lowest BCUT2D eigenvalue weighted by Gasteiger charge is -2.26. The van der Waals surface area contributed by atoms with Gasteiger partial charge in [-0.25, -0.2) is 13.2 Å². The molecule has 2 N–H and O–H groups in total. The molecular formula is C18H24N4O6S. The van der Waals surface area contributed by atoms with E-state index in [1.807, 2.05) is 0 Å². The average molecular weight is 424 g/mol.